The normalized spacial score (nSPS) is 13.0. The van der Waals surface area contributed by atoms with Crippen LogP contribution in [0.15, 0.2) is 48.2 Å². The number of benzene rings is 2. The predicted octanol–water partition coefficient (Wildman–Crippen LogP) is 4.23. The molecule has 0 saturated carbocycles. The first-order valence-corrected chi connectivity index (χ1v) is 12.1. The van der Waals surface area contributed by atoms with Crippen LogP contribution in [-0.4, -0.2) is 44.4 Å². The van der Waals surface area contributed by atoms with Crippen molar-refractivity contribution in [2.75, 3.05) is 7.11 Å². The maximum absolute atomic E-state index is 13.7. The molecule has 12 heteroatoms. The number of Topliss-reactive ketones (excluding diaryl/α,β-unsaturated/α-hetero) is 1. The van der Waals surface area contributed by atoms with Crippen LogP contribution < -0.4 is 10.9 Å². The Morgan fingerprint density at radius 3 is 2.34 bits per heavy atom. The van der Waals surface area contributed by atoms with Crippen molar-refractivity contribution in [3.8, 4) is 22.8 Å². The molecule has 2 heterocycles. The number of fused-ring (bicyclic) bond motifs is 3. The van der Waals surface area contributed by atoms with E-state index in [-0.39, 0.29) is 68.9 Å². The van der Waals surface area contributed by atoms with Gasteiger partial charge in [-0.3, -0.25) is 14.4 Å². The van der Waals surface area contributed by atoms with Crippen molar-refractivity contribution in [1.82, 2.24) is 0 Å². The Labute approximate surface area is 229 Å². The van der Waals surface area contributed by atoms with E-state index in [2.05, 4.69) is 0 Å². The Hall–Kier alpha value is -5.36. The summed E-state index contributed by atoms with van der Waals surface area (Å²) in [5.74, 6) is -5.27. The number of carboxylic acids is 1. The summed E-state index contributed by atoms with van der Waals surface area (Å²) in [5.41, 5.74) is -2.58. The molecule has 210 valence electrons. The Morgan fingerprint density at radius 2 is 1.71 bits per heavy atom. The van der Waals surface area contributed by atoms with Crippen LogP contribution in [-0.2, 0) is 17.8 Å². The summed E-state index contributed by atoms with van der Waals surface area (Å²) < 4.78 is 17.1. The summed E-state index contributed by atoms with van der Waals surface area (Å²) >= 11 is 0. The summed E-state index contributed by atoms with van der Waals surface area (Å²) in [6, 6.07) is 2.23. The molecule has 5 rings (SSSR count). The van der Waals surface area contributed by atoms with E-state index in [0.717, 1.165) is 12.1 Å². The SMILES string of the molecule is COCc1c(-c2cc3c(=O)c4c(oc3c(C(C)=O)c2C)C=C(O)C(O)=CC4)oc2cc(O)c(O)c(C(=O)O)c2c1=O. The number of aromatic carboxylic acids is 1. The largest absolute Gasteiger partial charge is 0.504 e. The number of phenols is 2. The van der Waals surface area contributed by atoms with E-state index in [1.807, 2.05) is 0 Å². The first-order chi connectivity index (χ1) is 19.4. The molecule has 0 amide bonds. The van der Waals surface area contributed by atoms with Gasteiger partial charge in [0.2, 0.25) is 0 Å². The zero-order chi connectivity index (χ0) is 29.9. The van der Waals surface area contributed by atoms with Crippen LogP contribution in [0.2, 0.25) is 0 Å². The fraction of sp³-hybridized carbons (Fsp3) is 0.172. The van der Waals surface area contributed by atoms with Gasteiger partial charge in [0, 0.05) is 36.8 Å². The molecule has 5 N–H and O–H groups in total. The number of carbonyl (C=O) groups is 2. The standard InChI is InChI=1S/C29H22O12/c1-10-13(27-15(9-39-3)25(35)22-20(41-27)8-18(33)26(36)23(22)29(37)38)6-14-24(34)12-4-5-16(31)17(32)7-19(12)40-28(14)21(10)11(2)30/h5-8,31-33,36H,4,9H2,1-3H3,(H,37,38). The average molecular weight is 562 g/mol. The molecule has 0 saturated heterocycles. The predicted molar refractivity (Wildman–Crippen MR) is 145 cm³/mol. The molecule has 2 aromatic heterocycles. The molecule has 12 nitrogen and oxygen atoms in total. The lowest BCUT2D eigenvalue weighted by Crippen LogP contribution is -2.17. The quantitative estimate of drug-likeness (QED) is 0.171. The number of aliphatic hydroxyl groups excluding tert-OH is 2. The topological polar surface area (TPSA) is 205 Å². The highest BCUT2D eigenvalue weighted by Gasteiger charge is 2.29. The number of aliphatic hydroxyl groups is 2. The zero-order valence-electron chi connectivity index (χ0n) is 21.8. The third kappa shape index (κ3) is 4.12. The molecule has 0 spiro atoms. The molecule has 0 fully saturated rings. The van der Waals surface area contributed by atoms with Crippen LogP contribution in [0.1, 0.15) is 50.1 Å². The number of allylic oxidation sites excluding steroid dienone is 1. The minimum absolute atomic E-state index is 0.0300. The third-order valence-corrected chi connectivity index (χ3v) is 6.93. The molecule has 1 aliphatic rings. The lowest BCUT2D eigenvalue weighted by molar-refractivity contribution is 0.0694. The van der Waals surface area contributed by atoms with E-state index in [0.29, 0.717) is 0 Å². The molecule has 2 aromatic carbocycles. The maximum Gasteiger partial charge on any atom is 0.340 e. The monoisotopic (exact) mass is 562 g/mol. The number of ether oxygens (including phenoxy) is 1. The molecule has 4 aromatic rings. The molecular formula is C29H22O12. The smallest absolute Gasteiger partial charge is 0.340 e. The number of ketones is 1. The van der Waals surface area contributed by atoms with Crippen LogP contribution >= 0.6 is 0 Å². The molecule has 0 atom stereocenters. The minimum Gasteiger partial charge on any atom is -0.504 e. The number of hydrogen-bond donors (Lipinski definition) is 5. The minimum atomic E-state index is -1.69. The summed E-state index contributed by atoms with van der Waals surface area (Å²) in [6.07, 6.45) is 2.20. The van der Waals surface area contributed by atoms with Gasteiger partial charge in [-0.05, 0) is 31.6 Å². The van der Waals surface area contributed by atoms with Gasteiger partial charge in [-0.15, -0.1) is 0 Å². The van der Waals surface area contributed by atoms with Crippen molar-refractivity contribution < 1.29 is 48.7 Å². The summed E-state index contributed by atoms with van der Waals surface area (Å²) in [5, 5.41) is 49.4. The van der Waals surface area contributed by atoms with Crippen molar-refractivity contribution in [2.45, 2.75) is 26.9 Å². The van der Waals surface area contributed by atoms with Gasteiger partial charge in [-0.25, -0.2) is 4.79 Å². The Morgan fingerprint density at radius 1 is 1.00 bits per heavy atom. The highest BCUT2D eigenvalue weighted by atomic mass is 16.5. The zero-order valence-corrected chi connectivity index (χ0v) is 21.8. The van der Waals surface area contributed by atoms with Crippen molar-refractivity contribution in [3.63, 3.8) is 0 Å². The first kappa shape index (κ1) is 27.2. The lowest BCUT2D eigenvalue weighted by Gasteiger charge is -2.17. The molecule has 41 heavy (non-hydrogen) atoms. The Bertz CT molecular complexity index is 2020. The van der Waals surface area contributed by atoms with E-state index in [1.165, 1.54) is 33.1 Å². The number of hydrogen-bond acceptors (Lipinski definition) is 11. The molecule has 0 radical (unpaired) electrons. The number of phenolic OH excluding ortho intramolecular Hbond substituents is 1. The molecule has 0 bridgehead atoms. The van der Waals surface area contributed by atoms with Gasteiger partial charge in [-0.2, -0.15) is 0 Å². The van der Waals surface area contributed by atoms with E-state index in [4.69, 9.17) is 13.6 Å². The molecule has 0 unspecified atom stereocenters. The van der Waals surface area contributed by atoms with Gasteiger partial charge in [0.1, 0.15) is 28.2 Å². The van der Waals surface area contributed by atoms with Crippen LogP contribution in [0.4, 0.5) is 0 Å². The first-order valence-electron chi connectivity index (χ1n) is 12.1. The van der Waals surface area contributed by atoms with E-state index < -0.39 is 56.6 Å². The van der Waals surface area contributed by atoms with Gasteiger partial charge >= 0.3 is 5.97 Å². The average Bonchev–Trinajstić information content (AvgIpc) is 3.04. The number of rotatable bonds is 5. The second-order valence-electron chi connectivity index (χ2n) is 9.42. The number of methoxy groups -OCH3 is 1. The van der Waals surface area contributed by atoms with E-state index >= 15 is 0 Å². The molecule has 1 aliphatic carbocycles. The Kier molecular flexibility index (Phi) is 6.42. The number of aromatic hydroxyl groups is 2. The van der Waals surface area contributed by atoms with Crippen LogP contribution in [0.3, 0.4) is 0 Å². The highest BCUT2D eigenvalue weighted by Crippen LogP contribution is 2.39. The van der Waals surface area contributed by atoms with Crippen molar-refractivity contribution in [3.05, 3.63) is 83.8 Å². The van der Waals surface area contributed by atoms with Gasteiger partial charge in [-0.1, -0.05) is 0 Å². The van der Waals surface area contributed by atoms with Crippen molar-refractivity contribution in [1.29, 1.82) is 0 Å². The molecule has 0 aliphatic heterocycles. The fourth-order valence-corrected chi connectivity index (χ4v) is 5.02. The van der Waals surface area contributed by atoms with Crippen LogP contribution in [0, 0.1) is 6.92 Å². The van der Waals surface area contributed by atoms with Crippen molar-refractivity contribution >= 4 is 39.8 Å². The second kappa shape index (κ2) is 9.68. The highest BCUT2D eigenvalue weighted by molar-refractivity contribution is 6.09. The molecular weight excluding hydrogens is 540 g/mol. The number of carbonyl (C=O) groups excluding carboxylic acids is 1. The Balaban J connectivity index is 1.95. The lowest BCUT2D eigenvalue weighted by atomic mass is 9.91. The van der Waals surface area contributed by atoms with Gasteiger partial charge < -0.3 is 39.1 Å². The van der Waals surface area contributed by atoms with Gasteiger partial charge in [0.15, 0.2) is 39.7 Å². The van der Waals surface area contributed by atoms with Crippen molar-refractivity contribution in [2.24, 2.45) is 0 Å². The van der Waals surface area contributed by atoms with Gasteiger partial charge in [0.05, 0.1) is 28.5 Å². The van der Waals surface area contributed by atoms with E-state index in [9.17, 15) is 44.7 Å². The third-order valence-electron chi connectivity index (χ3n) is 6.93. The summed E-state index contributed by atoms with van der Waals surface area (Å²) in [6.45, 7) is 2.38. The summed E-state index contributed by atoms with van der Waals surface area (Å²) in [7, 11) is 1.28. The second-order valence-corrected chi connectivity index (χ2v) is 9.42. The van der Waals surface area contributed by atoms with Crippen LogP contribution in [0.5, 0.6) is 11.5 Å². The van der Waals surface area contributed by atoms with Gasteiger partial charge in [0.25, 0.3) is 0 Å². The van der Waals surface area contributed by atoms with E-state index in [1.54, 1.807) is 0 Å². The fourth-order valence-electron chi connectivity index (χ4n) is 5.02. The number of carboxylic acid groups (broad SMARTS) is 1. The van der Waals surface area contributed by atoms with Crippen LogP contribution in [0.25, 0.3) is 39.3 Å². The summed E-state index contributed by atoms with van der Waals surface area (Å²) in [4.78, 5) is 52.1. The maximum atomic E-state index is 13.7.